The summed E-state index contributed by atoms with van der Waals surface area (Å²) >= 11 is 0. The average Bonchev–Trinajstić information content (AvgIpc) is 2.40. The number of nitriles is 1. The third kappa shape index (κ3) is 2.81. The molecule has 1 unspecified atom stereocenters. The molecule has 1 atom stereocenters. The van der Waals surface area contributed by atoms with Gasteiger partial charge in [-0.1, -0.05) is 0 Å². The zero-order valence-electron chi connectivity index (χ0n) is 10.8. The minimum absolute atomic E-state index is 0.0389. The molecule has 0 radical (unpaired) electrons. The highest BCUT2D eigenvalue weighted by atomic mass is 19.1. The van der Waals surface area contributed by atoms with Crippen molar-refractivity contribution >= 4 is 5.69 Å². The zero-order valence-corrected chi connectivity index (χ0v) is 10.8. The molecule has 3 N–H and O–H groups in total. The number of hydrogen-bond acceptors (Lipinski definition) is 4. The molecule has 20 heavy (non-hydrogen) atoms. The van der Waals surface area contributed by atoms with Gasteiger partial charge in [0, 0.05) is 11.6 Å². The van der Waals surface area contributed by atoms with Crippen LogP contribution in [0, 0.1) is 17.1 Å². The van der Waals surface area contributed by atoms with Crippen LogP contribution in [0.25, 0.3) is 0 Å². The van der Waals surface area contributed by atoms with Gasteiger partial charge in [0.25, 0.3) is 0 Å². The predicted octanol–water partition coefficient (Wildman–Crippen LogP) is 3.28. The maximum Gasteiger partial charge on any atom is 0.147 e. The summed E-state index contributed by atoms with van der Waals surface area (Å²) in [5.74, 6) is -0.642. The molecule has 0 aliphatic carbocycles. The van der Waals surface area contributed by atoms with E-state index in [1.807, 2.05) is 6.07 Å². The van der Waals surface area contributed by atoms with Crippen molar-refractivity contribution < 1.29 is 14.6 Å². The van der Waals surface area contributed by atoms with E-state index < -0.39 is 5.82 Å². The first-order chi connectivity index (χ1) is 9.51. The van der Waals surface area contributed by atoms with Crippen LogP contribution in [0.15, 0.2) is 36.4 Å². The summed E-state index contributed by atoms with van der Waals surface area (Å²) in [7, 11) is 0. The standard InChI is InChI=1S/C15H13FN2O2/c1-9(12-4-3-11(19)7-15(12)20)18-14-5-2-10(8-17)6-13(14)16/h2-7,9,18-20H,1H3. The topological polar surface area (TPSA) is 76.3 Å². The largest absolute Gasteiger partial charge is 0.508 e. The lowest BCUT2D eigenvalue weighted by Gasteiger charge is -2.17. The first-order valence-corrected chi connectivity index (χ1v) is 5.99. The molecule has 0 amide bonds. The maximum absolute atomic E-state index is 13.8. The quantitative estimate of drug-likeness (QED) is 0.801. The highest BCUT2D eigenvalue weighted by Gasteiger charge is 2.13. The zero-order chi connectivity index (χ0) is 14.7. The molecule has 2 rings (SSSR count). The second-order valence-electron chi connectivity index (χ2n) is 4.42. The summed E-state index contributed by atoms with van der Waals surface area (Å²) in [6, 6.07) is 9.86. The molecule has 2 aromatic rings. The van der Waals surface area contributed by atoms with Gasteiger partial charge in [-0.2, -0.15) is 5.26 Å². The number of halogens is 1. The van der Waals surface area contributed by atoms with Crippen molar-refractivity contribution in [2.75, 3.05) is 5.32 Å². The van der Waals surface area contributed by atoms with Crippen LogP contribution in [0.2, 0.25) is 0 Å². The van der Waals surface area contributed by atoms with E-state index in [0.29, 0.717) is 5.56 Å². The molecular formula is C15H13FN2O2. The summed E-state index contributed by atoms with van der Waals surface area (Å²) in [6.45, 7) is 1.75. The van der Waals surface area contributed by atoms with Crippen molar-refractivity contribution in [3.05, 3.63) is 53.3 Å². The van der Waals surface area contributed by atoms with Gasteiger partial charge >= 0.3 is 0 Å². The van der Waals surface area contributed by atoms with Gasteiger partial charge in [0.2, 0.25) is 0 Å². The molecule has 0 aliphatic rings. The Kier molecular flexibility index (Phi) is 3.76. The Morgan fingerprint density at radius 3 is 2.55 bits per heavy atom. The highest BCUT2D eigenvalue weighted by molar-refractivity contribution is 5.52. The van der Waals surface area contributed by atoms with Crippen LogP contribution in [-0.2, 0) is 0 Å². The van der Waals surface area contributed by atoms with Crippen LogP contribution in [0.5, 0.6) is 11.5 Å². The van der Waals surface area contributed by atoms with E-state index in [1.165, 1.54) is 24.3 Å². The Bertz CT molecular complexity index is 680. The molecule has 0 saturated carbocycles. The number of aromatic hydroxyl groups is 2. The number of rotatable bonds is 3. The number of anilines is 1. The van der Waals surface area contributed by atoms with Crippen molar-refractivity contribution in [3.63, 3.8) is 0 Å². The van der Waals surface area contributed by atoms with E-state index in [2.05, 4.69) is 5.32 Å². The van der Waals surface area contributed by atoms with Gasteiger partial charge in [0.15, 0.2) is 0 Å². The Balaban J connectivity index is 2.23. The van der Waals surface area contributed by atoms with E-state index in [4.69, 9.17) is 5.26 Å². The van der Waals surface area contributed by atoms with Gasteiger partial charge in [0.05, 0.1) is 23.4 Å². The summed E-state index contributed by atoms with van der Waals surface area (Å²) < 4.78 is 13.8. The van der Waals surface area contributed by atoms with Crippen LogP contribution >= 0.6 is 0 Å². The normalized spacial score (nSPS) is 11.7. The molecule has 0 aromatic heterocycles. The molecule has 0 spiro atoms. The smallest absolute Gasteiger partial charge is 0.147 e. The Morgan fingerprint density at radius 2 is 1.95 bits per heavy atom. The second-order valence-corrected chi connectivity index (χ2v) is 4.42. The Hall–Kier alpha value is -2.74. The number of nitrogens with one attached hydrogen (secondary N) is 1. The molecule has 2 aromatic carbocycles. The summed E-state index contributed by atoms with van der Waals surface area (Å²) in [6.07, 6.45) is 0. The van der Waals surface area contributed by atoms with Crippen molar-refractivity contribution in [3.8, 4) is 17.6 Å². The third-order valence-corrected chi connectivity index (χ3v) is 2.95. The molecule has 102 valence electrons. The van der Waals surface area contributed by atoms with E-state index in [1.54, 1.807) is 13.0 Å². The maximum atomic E-state index is 13.8. The van der Waals surface area contributed by atoms with Gasteiger partial charge in [-0.25, -0.2) is 4.39 Å². The Labute approximate surface area is 115 Å². The number of benzene rings is 2. The van der Waals surface area contributed by atoms with Crippen molar-refractivity contribution in [2.24, 2.45) is 0 Å². The lowest BCUT2D eigenvalue weighted by molar-refractivity contribution is 0.444. The number of nitrogens with zero attached hydrogens (tertiary/aromatic N) is 1. The molecule has 4 nitrogen and oxygen atoms in total. The van der Waals surface area contributed by atoms with E-state index in [-0.39, 0.29) is 28.8 Å². The summed E-state index contributed by atoms with van der Waals surface area (Å²) in [5.41, 5.74) is 1.02. The molecule has 0 aliphatic heterocycles. The highest BCUT2D eigenvalue weighted by Crippen LogP contribution is 2.30. The van der Waals surface area contributed by atoms with Crippen molar-refractivity contribution in [2.45, 2.75) is 13.0 Å². The van der Waals surface area contributed by atoms with Crippen molar-refractivity contribution in [1.29, 1.82) is 5.26 Å². The fourth-order valence-electron chi connectivity index (χ4n) is 1.91. The van der Waals surface area contributed by atoms with Crippen LogP contribution in [-0.4, -0.2) is 10.2 Å². The first kappa shape index (κ1) is 13.7. The van der Waals surface area contributed by atoms with E-state index in [9.17, 15) is 14.6 Å². The third-order valence-electron chi connectivity index (χ3n) is 2.95. The lowest BCUT2D eigenvalue weighted by Crippen LogP contribution is -2.08. The lowest BCUT2D eigenvalue weighted by atomic mass is 10.1. The van der Waals surface area contributed by atoms with Crippen LogP contribution in [0.4, 0.5) is 10.1 Å². The SMILES string of the molecule is CC(Nc1ccc(C#N)cc1F)c1ccc(O)cc1O. The monoisotopic (exact) mass is 272 g/mol. The van der Waals surface area contributed by atoms with Crippen LogP contribution in [0.3, 0.4) is 0 Å². The van der Waals surface area contributed by atoms with Gasteiger partial charge in [0.1, 0.15) is 17.3 Å². The van der Waals surface area contributed by atoms with Gasteiger partial charge in [-0.05, 0) is 37.3 Å². The van der Waals surface area contributed by atoms with E-state index in [0.717, 1.165) is 6.07 Å². The number of phenols is 2. The molecule has 0 bridgehead atoms. The van der Waals surface area contributed by atoms with E-state index >= 15 is 0 Å². The number of phenolic OH excluding ortho intramolecular Hbond substituents is 2. The van der Waals surface area contributed by atoms with Gasteiger partial charge in [-0.3, -0.25) is 0 Å². The van der Waals surface area contributed by atoms with Crippen LogP contribution < -0.4 is 5.32 Å². The summed E-state index contributed by atoms with van der Waals surface area (Å²) in [5, 5.41) is 30.6. The minimum atomic E-state index is -0.533. The van der Waals surface area contributed by atoms with Crippen LogP contribution in [0.1, 0.15) is 24.1 Å². The fraction of sp³-hybridized carbons (Fsp3) is 0.133. The first-order valence-electron chi connectivity index (χ1n) is 5.99. The fourth-order valence-corrected chi connectivity index (χ4v) is 1.91. The molecule has 0 saturated heterocycles. The van der Waals surface area contributed by atoms with Crippen molar-refractivity contribution in [1.82, 2.24) is 0 Å². The predicted molar refractivity (Wildman–Crippen MR) is 72.9 cm³/mol. The molecule has 5 heteroatoms. The molecule has 0 fully saturated rings. The van der Waals surface area contributed by atoms with Gasteiger partial charge in [-0.15, -0.1) is 0 Å². The molecular weight excluding hydrogens is 259 g/mol. The average molecular weight is 272 g/mol. The Morgan fingerprint density at radius 1 is 1.20 bits per heavy atom. The number of hydrogen-bond donors (Lipinski definition) is 3. The van der Waals surface area contributed by atoms with Gasteiger partial charge < -0.3 is 15.5 Å². The second kappa shape index (κ2) is 5.49. The molecule has 0 heterocycles. The minimum Gasteiger partial charge on any atom is -0.508 e. The summed E-state index contributed by atoms with van der Waals surface area (Å²) in [4.78, 5) is 0.